The average Bonchev–Trinajstić information content (AvgIpc) is 3.06. The number of methoxy groups -OCH3 is 1. The van der Waals surface area contributed by atoms with Crippen LogP contribution in [0, 0.1) is 20.8 Å². The molecule has 0 aliphatic rings. The van der Waals surface area contributed by atoms with Crippen molar-refractivity contribution >= 4 is 17.6 Å². The molecule has 1 N–H and O–H groups in total. The average molecular weight is 437 g/mol. The maximum atomic E-state index is 12.4. The zero-order chi connectivity index (χ0) is 23.3. The number of esters is 1. The van der Waals surface area contributed by atoms with E-state index in [2.05, 4.69) is 10.4 Å². The number of carbonyl (C=O) groups excluding carboxylic acids is 2. The van der Waals surface area contributed by atoms with E-state index < -0.39 is 18.5 Å². The van der Waals surface area contributed by atoms with E-state index in [0.29, 0.717) is 29.5 Å². The number of anilines is 1. The number of ether oxygens (including phenoxy) is 3. The molecular formula is C24H27N3O5. The van der Waals surface area contributed by atoms with Crippen LogP contribution in [0.1, 0.15) is 34.2 Å². The third-order valence-corrected chi connectivity index (χ3v) is 4.87. The van der Waals surface area contributed by atoms with Gasteiger partial charge in [-0.15, -0.1) is 0 Å². The van der Waals surface area contributed by atoms with Crippen LogP contribution < -0.4 is 14.8 Å². The molecule has 0 aliphatic carbocycles. The zero-order valence-electron chi connectivity index (χ0n) is 18.9. The van der Waals surface area contributed by atoms with Gasteiger partial charge in [0.1, 0.15) is 0 Å². The third kappa shape index (κ3) is 5.08. The second-order valence-electron chi connectivity index (χ2n) is 7.22. The monoisotopic (exact) mass is 437 g/mol. The first kappa shape index (κ1) is 22.9. The molecule has 0 saturated heterocycles. The molecule has 32 heavy (non-hydrogen) atoms. The summed E-state index contributed by atoms with van der Waals surface area (Å²) in [6.45, 7) is 7.52. The molecule has 2 aromatic carbocycles. The standard InChI is InChI=1S/C24H27N3O5/c1-6-31-21-13-18(9-12-20(21)30-5)24(29)32-14-22(28)25-23-16(3)26-27(17(23)4)19-10-7-15(2)8-11-19/h7-13H,6,14H2,1-5H3,(H,25,28). The van der Waals surface area contributed by atoms with Gasteiger partial charge in [-0.25, -0.2) is 9.48 Å². The number of nitrogens with zero attached hydrogens (tertiary/aromatic N) is 2. The van der Waals surface area contributed by atoms with Gasteiger partial charge in [-0.3, -0.25) is 4.79 Å². The minimum absolute atomic E-state index is 0.265. The van der Waals surface area contributed by atoms with E-state index in [4.69, 9.17) is 14.2 Å². The highest BCUT2D eigenvalue weighted by Crippen LogP contribution is 2.28. The van der Waals surface area contributed by atoms with Gasteiger partial charge in [0.2, 0.25) is 0 Å². The lowest BCUT2D eigenvalue weighted by molar-refractivity contribution is -0.119. The first-order valence-electron chi connectivity index (χ1n) is 10.2. The summed E-state index contributed by atoms with van der Waals surface area (Å²) < 4.78 is 17.6. The smallest absolute Gasteiger partial charge is 0.338 e. The second-order valence-corrected chi connectivity index (χ2v) is 7.22. The summed E-state index contributed by atoms with van der Waals surface area (Å²) in [5, 5.41) is 7.31. The van der Waals surface area contributed by atoms with Crippen molar-refractivity contribution in [2.45, 2.75) is 27.7 Å². The molecule has 1 aromatic heterocycles. The molecule has 0 saturated carbocycles. The highest BCUT2D eigenvalue weighted by Gasteiger charge is 2.18. The normalized spacial score (nSPS) is 10.5. The molecule has 0 unspecified atom stereocenters. The molecule has 0 fully saturated rings. The number of nitrogens with one attached hydrogen (secondary N) is 1. The van der Waals surface area contributed by atoms with E-state index in [0.717, 1.165) is 16.9 Å². The Labute approximate surface area is 187 Å². The van der Waals surface area contributed by atoms with Crippen LogP contribution in [-0.2, 0) is 9.53 Å². The highest BCUT2D eigenvalue weighted by atomic mass is 16.5. The molecule has 3 rings (SSSR count). The van der Waals surface area contributed by atoms with Crippen molar-refractivity contribution in [3.8, 4) is 17.2 Å². The fraction of sp³-hybridized carbons (Fsp3) is 0.292. The molecular weight excluding hydrogens is 410 g/mol. The minimum Gasteiger partial charge on any atom is -0.493 e. The fourth-order valence-electron chi connectivity index (χ4n) is 3.22. The Morgan fingerprint density at radius 1 is 1.03 bits per heavy atom. The molecule has 1 heterocycles. The van der Waals surface area contributed by atoms with Crippen molar-refractivity contribution in [2.24, 2.45) is 0 Å². The largest absolute Gasteiger partial charge is 0.493 e. The number of aryl methyl sites for hydroxylation is 2. The minimum atomic E-state index is -0.632. The van der Waals surface area contributed by atoms with Crippen LogP contribution >= 0.6 is 0 Å². The Kier molecular flexibility index (Phi) is 7.14. The van der Waals surface area contributed by atoms with E-state index >= 15 is 0 Å². The predicted molar refractivity (Wildman–Crippen MR) is 121 cm³/mol. The van der Waals surface area contributed by atoms with Crippen LogP contribution in [0.3, 0.4) is 0 Å². The second kappa shape index (κ2) is 10.00. The van der Waals surface area contributed by atoms with E-state index in [1.807, 2.05) is 52.0 Å². The number of hydrogen-bond acceptors (Lipinski definition) is 6. The van der Waals surface area contributed by atoms with Gasteiger partial charge in [0.15, 0.2) is 18.1 Å². The maximum Gasteiger partial charge on any atom is 0.338 e. The number of rotatable bonds is 8. The quantitative estimate of drug-likeness (QED) is 0.536. The van der Waals surface area contributed by atoms with Crippen LogP contribution in [0.4, 0.5) is 5.69 Å². The lowest BCUT2D eigenvalue weighted by atomic mass is 10.2. The van der Waals surface area contributed by atoms with E-state index in [1.54, 1.807) is 16.8 Å². The number of aromatic nitrogens is 2. The number of amides is 1. The van der Waals surface area contributed by atoms with Gasteiger partial charge in [-0.1, -0.05) is 17.7 Å². The third-order valence-electron chi connectivity index (χ3n) is 4.87. The van der Waals surface area contributed by atoms with E-state index in [9.17, 15) is 9.59 Å². The van der Waals surface area contributed by atoms with Gasteiger partial charge >= 0.3 is 5.97 Å². The van der Waals surface area contributed by atoms with Gasteiger partial charge in [-0.2, -0.15) is 5.10 Å². The Morgan fingerprint density at radius 2 is 1.75 bits per heavy atom. The van der Waals surface area contributed by atoms with Crippen molar-refractivity contribution in [1.29, 1.82) is 0 Å². The summed E-state index contributed by atoms with van der Waals surface area (Å²) in [6, 6.07) is 12.6. The first-order chi connectivity index (χ1) is 15.3. The molecule has 8 heteroatoms. The van der Waals surface area contributed by atoms with Crippen molar-refractivity contribution in [2.75, 3.05) is 25.6 Å². The summed E-state index contributed by atoms with van der Waals surface area (Å²) >= 11 is 0. The number of hydrogen-bond donors (Lipinski definition) is 1. The lowest BCUT2D eigenvalue weighted by Gasteiger charge is -2.11. The molecule has 0 aliphatic heterocycles. The molecule has 0 spiro atoms. The molecule has 8 nitrogen and oxygen atoms in total. The van der Waals surface area contributed by atoms with Crippen molar-refractivity contribution in [3.05, 3.63) is 65.0 Å². The first-order valence-corrected chi connectivity index (χ1v) is 10.2. The molecule has 0 radical (unpaired) electrons. The van der Waals surface area contributed by atoms with Crippen molar-refractivity contribution in [1.82, 2.24) is 9.78 Å². The van der Waals surface area contributed by atoms with Gasteiger partial charge in [0, 0.05) is 0 Å². The Bertz CT molecular complexity index is 1120. The van der Waals surface area contributed by atoms with E-state index in [1.165, 1.54) is 13.2 Å². The van der Waals surface area contributed by atoms with Gasteiger partial charge < -0.3 is 19.5 Å². The molecule has 168 valence electrons. The fourth-order valence-corrected chi connectivity index (χ4v) is 3.22. The van der Waals surface area contributed by atoms with Crippen molar-refractivity contribution in [3.63, 3.8) is 0 Å². The van der Waals surface area contributed by atoms with Crippen LogP contribution in [0.15, 0.2) is 42.5 Å². The Morgan fingerprint density at radius 3 is 2.41 bits per heavy atom. The zero-order valence-corrected chi connectivity index (χ0v) is 18.9. The van der Waals surface area contributed by atoms with Gasteiger partial charge in [-0.05, 0) is 58.0 Å². The summed E-state index contributed by atoms with van der Waals surface area (Å²) in [6.07, 6.45) is 0. The van der Waals surface area contributed by atoms with Gasteiger partial charge in [0.25, 0.3) is 5.91 Å². The van der Waals surface area contributed by atoms with Crippen LogP contribution in [0.2, 0.25) is 0 Å². The molecule has 1 amide bonds. The van der Waals surface area contributed by atoms with E-state index in [-0.39, 0.29) is 5.56 Å². The van der Waals surface area contributed by atoms with Crippen LogP contribution in [0.5, 0.6) is 11.5 Å². The highest BCUT2D eigenvalue weighted by molar-refractivity contribution is 5.96. The summed E-state index contributed by atoms with van der Waals surface area (Å²) in [5.41, 5.74) is 4.35. The molecule has 3 aromatic rings. The Balaban J connectivity index is 1.66. The summed E-state index contributed by atoms with van der Waals surface area (Å²) in [5.74, 6) is -0.138. The molecule has 0 bridgehead atoms. The lowest BCUT2D eigenvalue weighted by Crippen LogP contribution is -2.21. The van der Waals surface area contributed by atoms with Crippen LogP contribution in [-0.4, -0.2) is 42.0 Å². The number of benzene rings is 2. The maximum absolute atomic E-state index is 12.4. The SMILES string of the molecule is CCOc1cc(C(=O)OCC(=O)Nc2c(C)nn(-c3ccc(C)cc3)c2C)ccc1OC. The topological polar surface area (TPSA) is 91.7 Å². The molecule has 0 atom stereocenters. The van der Waals surface area contributed by atoms with Crippen LogP contribution in [0.25, 0.3) is 5.69 Å². The van der Waals surface area contributed by atoms with Crippen molar-refractivity contribution < 1.29 is 23.8 Å². The summed E-state index contributed by atoms with van der Waals surface area (Å²) in [4.78, 5) is 24.8. The van der Waals surface area contributed by atoms with Gasteiger partial charge in [0.05, 0.1) is 42.0 Å². The Hall–Kier alpha value is -3.81. The number of carbonyl (C=O) groups is 2. The predicted octanol–water partition coefficient (Wildman–Crippen LogP) is 4.00. The summed E-state index contributed by atoms with van der Waals surface area (Å²) in [7, 11) is 1.52.